The molecule has 0 fully saturated rings. The topological polar surface area (TPSA) is 81.5 Å². The summed E-state index contributed by atoms with van der Waals surface area (Å²) in [6.07, 6.45) is 3.79. The molecule has 1 aromatic carbocycles. The van der Waals surface area contributed by atoms with E-state index in [0.717, 1.165) is 19.2 Å². The first-order valence-corrected chi connectivity index (χ1v) is 5.88. The summed E-state index contributed by atoms with van der Waals surface area (Å²) < 4.78 is 18.2. The van der Waals surface area contributed by atoms with E-state index in [1.807, 2.05) is 0 Å². The summed E-state index contributed by atoms with van der Waals surface area (Å²) in [4.78, 5) is 21.6. The van der Waals surface area contributed by atoms with Gasteiger partial charge in [0.1, 0.15) is 11.4 Å². The van der Waals surface area contributed by atoms with Gasteiger partial charge in [0.05, 0.1) is 12.0 Å². The van der Waals surface area contributed by atoms with Gasteiger partial charge in [-0.2, -0.15) is 0 Å². The summed E-state index contributed by atoms with van der Waals surface area (Å²) in [5.74, 6) is -1.65. The molecule has 6 nitrogen and oxygen atoms in total. The quantitative estimate of drug-likeness (QED) is 0.374. The third-order valence-corrected chi connectivity index (χ3v) is 2.58. The zero-order valence-electron chi connectivity index (χ0n) is 11.2. The predicted molar refractivity (Wildman–Crippen MR) is 72.0 cm³/mol. The highest BCUT2D eigenvalue weighted by Gasteiger charge is 2.23. The van der Waals surface area contributed by atoms with Gasteiger partial charge in [0.25, 0.3) is 5.69 Å². The number of ether oxygens (including phenoxy) is 1. The monoisotopic (exact) mass is 282 g/mol. The SMILES string of the molecule is CNCCC=Cc1cc([N+](=O)[O-])c(C(=O)OC)cc1F. The first kappa shape index (κ1) is 15.8. The highest BCUT2D eigenvalue weighted by atomic mass is 19.1. The van der Waals surface area contributed by atoms with Crippen molar-refractivity contribution in [3.63, 3.8) is 0 Å². The number of rotatable bonds is 6. The Morgan fingerprint density at radius 2 is 2.25 bits per heavy atom. The van der Waals surface area contributed by atoms with E-state index in [2.05, 4.69) is 10.1 Å². The molecule has 1 rings (SSSR count). The average molecular weight is 282 g/mol. The Labute approximate surface area is 115 Å². The third kappa shape index (κ3) is 3.86. The molecule has 7 heteroatoms. The van der Waals surface area contributed by atoms with Crippen molar-refractivity contribution in [2.75, 3.05) is 20.7 Å². The molecule has 0 heterocycles. The van der Waals surface area contributed by atoms with Crippen LogP contribution in [0, 0.1) is 15.9 Å². The molecule has 0 radical (unpaired) electrons. The average Bonchev–Trinajstić information content (AvgIpc) is 2.43. The molecule has 0 atom stereocenters. The Kier molecular flexibility index (Phi) is 5.79. The van der Waals surface area contributed by atoms with Crippen molar-refractivity contribution in [1.82, 2.24) is 5.32 Å². The van der Waals surface area contributed by atoms with Crippen molar-refractivity contribution in [2.45, 2.75) is 6.42 Å². The van der Waals surface area contributed by atoms with Gasteiger partial charge >= 0.3 is 5.97 Å². The van der Waals surface area contributed by atoms with Crippen LogP contribution in [0.4, 0.5) is 10.1 Å². The van der Waals surface area contributed by atoms with Gasteiger partial charge in [0, 0.05) is 11.6 Å². The summed E-state index contributed by atoms with van der Waals surface area (Å²) in [6.45, 7) is 0.709. The number of nitro groups is 1. The van der Waals surface area contributed by atoms with Crippen LogP contribution >= 0.6 is 0 Å². The molecule has 0 bridgehead atoms. The number of esters is 1. The number of hydrogen-bond acceptors (Lipinski definition) is 5. The molecule has 0 unspecified atom stereocenters. The molecular formula is C13H15FN2O4. The normalized spacial score (nSPS) is 10.8. The summed E-state index contributed by atoms with van der Waals surface area (Å²) in [6, 6.07) is 1.85. The molecule has 0 aliphatic heterocycles. The molecule has 1 N–H and O–H groups in total. The van der Waals surface area contributed by atoms with Crippen LogP contribution in [0.15, 0.2) is 18.2 Å². The summed E-state index contributed by atoms with van der Waals surface area (Å²) in [5, 5.41) is 13.8. The number of carbonyl (C=O) groups excluding carboxylic acids is 1. The maximum Gasteiger partial charge on any atom is 0.344 e. The van der Waals surface area contributed by atoms with E-state index >= 15 is 0 Å². The van der Waals surface area contributed by atoms with Gasteiger partial charge in [0.2, 0.25) is 0 Å². The number of benzene rings is 1. The summed E-state index contributed by atoms with van der Waals surface area (Å²) >= 11 is 0. The second-order valence-corrected chi connectivity index (χ2v) is 3.93. The minimum atomic E-state index is -0.943. The molecule has 0 aliphatic carbocycles. The van der Waals surface area contributed by atoms with Gasteiger partial charge < -0.3 is 10.1 Å². The number of hydrogen-bond donors (Lipinski definition) is 1. The molecule has 0 aromatic heterocycles. The Bertz CT molecular complexity index is 543. The maximum absolute atomic E-state index is 13.8. The van der Waals surface area contributed by atoms with Crippen molar-refractivity contribution in [2.24, 2.45) is 0 Å². The fraction of sp³-hybridized carbons (Fsp3) is 0.308. The van der Waals surface area contributed by atoms with E-state index in [-0.39, 0.29) is 5.56 Å². The minimum Gasteiger partial charge on any atom is -0.465 e. The molecule has 108 valence electrons. The minimum absolute atomic E-state index is 0.0560. The van der Waals surface area contributed by atoms with E-state index in [1.165, 1.54) is 6.08 Å². The lowest BCUT2D eigenvalue weighted by Gasteiger charge is -2.04. The highest BCUT2D eigenvalue weighted by molar-refractivity contribution is 5.94. The van der Waals surface area contributed by atoms with E-state index in [9.17, 15) is 19.3 Å². The molecule has 20 heavy (non-hydrogen) atoms. The number of halogens is 1. The van der Waals surface area contributed by atoms with Crippen molar-refractivity contribution in [3.8, 4) is 0 Å². The Morgan fingerprint density at radius 1 is 1.55 bits per heavy atom. The van der Waals surface area contributed by atoms with Crippen LogP contribution in [0.1, 0.15) is 22.3 Å². The lowest BCUT2D eigenvalue weighted by atomic mass is 10.1. The van der Waals surface area contributed by atoms with Gasteiger partial charge in [-0.3, -0.25) is 10.1 Å². The van der Waals surface area contributed by atoms with Gasteiger partial charge in [-0.05, 0) is 26.1 Å². The largest absolute Gasteiger partial charge is 0.465 e. The first-order valence-electron chi connectivity index (χ1n) is 5.88. The van der Waals surface area contributed by atoms with E-state index in [4.69, 9.17) is 0 Å². The first-order chi connectivity index (χ1) is 9.51. The molecule has 0 saturated heterocycles. The smallest absolute Gasteiger partial charge is 0.344 e. The van der Waals surface area contributed by atoms with Crippen LogP contribution < -0.4 is 5.32 Å². The second-order valence-electron chi connectivity index (χ2n) is 3.93. The Morgan fingerprint density at radius 3 is 2.80 bits per heavy atom. The predicted octanol–water partition coefficient (Wildman–Crippen LogP) is 2.14. The Hall–Kier alpha value is -2.28. The van der Waals surface area contributed by atoms with Gasteiger partial charge in [0.15, 0.2) is 0 Å². The third-order valence-electron chi connectivity index (χ3n) is 2.58. The van der Waals surface area contributed by atoms with Crippen molar-refractivity contribution in [1.29, 1.82) is 0 Å². The van der Waals surface area contributed by atoms with Crippen LogP contribution in [-0.2, 0) is 4.74 Å². The van der Waals surface area contributed by atoms with E-state index in [0.29, 0.717) is 13.0 Å². The Balaban J connectivity index is 3.16. The summed E-state index contributed by atoms with van der Waals surface area (Å²) in [5.41, 5.74) is -0.825. The maximum atomic E-state index is 13.8. The number of nitro benzene ring substituents is 1. The van der Waals surface area contributed by atoms with Crippen molar-refractivity contribution < 1.29 is 18.8 Å². The molecule has 0 saturated carbocycles. The van der Waals surface area contributed by atoms with Crippen LogP contribution in [0.3, 0.4) is 0 Å². The number of nitrogens with zero attached hydrogens (tertiary/aromatic N) is 1. The van der Waals surface area contributed by atoms with Gasteiger partial charge in [-0.25, -0.2) is 9.18 Å². The molecule has 1 aromatic rings. The van der Waals surface area contributed by atoms with Gasteiger partial charge in [-0.1, -0.05) is 12.2 Å². The fourth-order valence-corrected chi connectivity index (χ4v) is 1.57. The number of carbonyl (C=O) groups is 1. The van der Waals surface area contributed by atoms with Crippen LogP contribution in [-0.4, -0.2) is 31.6 Å². The zero-order chi connectivity index (χ0) is 15.1. The van der Waals surface area contributed by atoms with Gasteiger partial charge in [-0.15, -0.1) is 0 Å². The van der Waals surface area contributed by atoms with Crippen LogP contribution in [0.2, 0.25) is 0 Å². The molecule has 0 amide bonds. The number of nitrogens with one attached hydrogen (secondary N) is 1. The van der Waals surface area contributed by atoms with Crippen molar-refractivity contribution >= 4 is 17.7 Å². The lowest BCUT2D eigenvalue weighted by molar-refractivity contribution is -0.385. The molecule has 0 aliphatic rings. The standard InChI is InChI=1S/C13H15FN2O4/c1-15-6-4-3-5-9-7-12(16(18)19)10(8-11(9)14)13(17)20-2/h3,5,7-8,15H,4,6H2,1-2H3. The van der Waals surface area contributed by atoms with E-state index < -0.39 is 28.0 Å². The molecule has 0 spiro atoms. The van der Waals surface area contributed by atoms with Crippen molar-refractivity contribution in [3.05, 3.63) is 45.3 Å². The second kappa shape index (κ2) is 7.34. The molecular weight excluding hydrogens is 267 g/mol. The van der Waals surface area contributed by atoms with E-state index in [1.54, 1.807) is 13.1 Å². The van der Waals surface area contributed by atoms with Crippen LogP contribution in [0.5, 0.6) is 0 Å². The summed E-state index contributed by atoms with van der Waals surface area (Å²) in [7, 11) is 2.86. The lowest BCUT2D eigenvalue weighted by Crippen LogP contribution is -2.07. The highest BCUT2D eigenvalue weighted by Crippen LogP contribution is 2.24. The fourth-order valence-electron chi connectivity index (χ4n) is 1.57. The zero-order valence-corrected chi connectivity index (χ0v) is 11.2. The number of methoxy groups -OCH3 is 1. The van der Waals surface area contributed by atoms with Crippen LogP contribution in [0.25, 0.3) is 6.08 Å².